The van der Waals surface area contributed by atoms with E-state index < -0.39 is 0 Å². The van der Waals surface area contributed by atoms with Crippen molar-refractivity contribution >= 4 is 17.4 Å². The molecule has 0 saturated carbocycles. The van der Waals surface area contributed by atoms with E-state index in [1.165, 1.54) is 30.0 Å². The Balaban J connectivity index is 1.76. The Morgan fingerprint density at radius 1 is 1.14 bits per heavy atom. The average Bonchev–Trinajstić information content (AvgIpc) is 2.29. The van der Waals surface area contributed by atoms with Crippen molar-refractivity contribution in [1.82, 2.24) is 0 Å². The molecule has 0 amide bonds. The maximum atomic E-state index is 3.51. The fourth-order valence-corrected chi connectivity index (χ4v) is 2.97. The number of nitrogens with one attached hydrogen (secondary N) is 1. The molecule has 0 radical (unpaired) electrons. The van der Waals surface area contributed by atoms with Gasteiger partial charge in [-0.25, -0.2) is 0 Å². The summed E-state index contributed by atoms with van der Waals surface area (Å²) in [5.74, 6) is 3.58. The van der Waals surface area contributed by atoms with Gasteiger partial charge in [0, 0.05) is 12.2 Å². The molecule has 1 aliphatic heterocycles. The molecule has 1 aromatic carbocycles. The molecule has 0 atom stereocenters. The van der Waals surface area contributed by atoms with Gasteiger partial charge < -0.3 is 5.32 Å². The molecule has 2 heteroatoms. The molecule has 76 valence electrons. The van der Waals surface area contributed by atoms with E-state index in [2.05, 4.69) is 47.4 Å². The molecule has 0 aromatic heterocycles. The van der Waals surface area contributed by atoms with Gasteiger partial charge in [0.15, 0.2) is 0 Å². The van der Waals surface area contributed by atoms with Crippen LogP contribution in [0, 0.1) is 5.92 Å². The van der Waals surface area contributed by atoms with E-state index in [1.807, 2.05) is 0 Å². The zero-order chi connectivity index (χ0) is 9.64. The van der Waals surface area contributed by atoms with Gasteiger partial charge in [-0.2, -0.15) is 11.8 Å². The molecule has 1 N–H and O–H groups in total. The van der Waals surface area contributed by atoms with Gasteiger partial charge in [0.1, 0.15) is 0 Å². The van der Waals surface area contributed by atoms with Crippen molar-refractivity contribution in [3.05, 3.63) is 30.3 Å². The molecule has 0 spiro atoms. The maximum Gasteiger partial charge on any atom is 0.0340 e. The van der Waals surface area contributed by atoms with Crippen molar-refractivity contribution < 1.29 is 0 Å². The fourth-order valence-electron chi connectivity index (χ4n) is 1.77. The summed E-state index contributed by atoms with van der Waals surface area (Å²) in [6.07, 6.45) is 2.76. The lowest BCUT2D eigenvalue weighted by atomic mass is 10.0. The normalized spacial score (nSPS) is 18.0. The number of hydrogen-bond acceptors (Lipinski definition) is 2. The number of rotatable bonds is 3. The lowest BCUT2D eigenvalue weighted by Crippen LogP contribution is -2.18. The highest BCUT2D eigenvalue weighted by Crippen LogP contribution is 2.22. The molecule has 1 fully saturated rings. The van der Waals surface area contributed by atoms with E-state index in [-0.39, 0.29) is 0 Å². The molecule has 0 unspecified atom stereocenters. The summed E-state index contributed by atoms with van der Waals surface area (Å²) in [4.78, 5) is 0. The first-order valence-electron chi connectivity index (χ1n) is 5.32. The van der Waals surface area contributed by atoms with Crippen LogP contribution in [-0.4, -0.2) is 18.1 Å². The second-order valence-corrected chi connectivity index (χ2v) is 5.03. The van der Waals surface area contributed by atoms with Gasteiger partial charge in [-0.05, 0) is 42.4 Å². The standard InChI is InChI=1S/C12H17NS/c1-2-4-12(5-3-1)13-10-11-6-8-14-9-7-11/h1-5,11,13H,6-10H2. The van der Waals surface area contributed by atoms with E-state index >= 15 is 0 Å². The van der Waals surface area contributed by atoms with Crippen molar-refractivity contribution in [3.63, 3.8) is 0 Å². The highest BCUT2D eigenvalue weighted by Gasteiger charge is 2.12. The van der Waals surface area contributed by atoms with Gasteiger partial charge in [0.25, 0.3) is 0 Å². The van der Waals surface area contributed by atoms with Crippen LogP contribution in [0.15, 0.2) is 30.3 Å². The monoisotopic (exact) mass is 207 g/mol. The summed E-state index contributed by atoms with van der Waals surface area (Å²) in [5.41, 5.74) is 1.26. The van der Waals surface area contributed by atoms with Crippen LogP contribution in [0.25, 0.3) is 0 Å². The van der Waals surface area contributed by atoms with Crippen molar-refractivity contribution in [2.45, 2.75) is 12.8 Å². The van der Waals surface area contributed by atoms with Crippen LogP contribution in [0.4, 0.5) is 5.69 Å². The second kappa shape index (κ2) is 5.30. The summed E-state index contributed by atoms with van der Waals surface area (Å²) < 4.78 is 0. The summed E-state index contributed by atoms with van der Waals surface area (Å²) in [5, 5.41) is 3.51. The Hall–Kier alpha value is -0.630. The van der Waals surface area contributed by atoms with E-state index in [0.717, 1.165) is 12.5 Å². The van der Waals surface area contributed by atoms with Gasteiger partial charge in [0.05, 0.1) is 0 Å². The Kier molecular flexibility index (Phi) is 3.75. The molecule has 14 heavy (non-hydrogen) atoms. The van der Waals surface area contributed by atoms with Crippen molar-refractivity contribution in [3.8, 4) is 0 Å². The quantitative estimate of drug-likeness (QED) is 0.816. The summed E-state index contributed by atoms with van der Waals surface area (Å²) in [7, 11) is 0. The fraction of sp³-hybridized carbons (Fsp3) is 0.500. The van der Waals surface area contributed by atoms with Crippen molar-refractivity contribution in [1.29, 1.82) is 0 Å². The van der Waals surface area contributed by atoms with E-state index in [0.29, 0.717) is 0 Å². The topological polar surface area (TPSA) is 12.0 Å². The van der Waals surface area contributed by atoms with Gasteiger partial charge >= 0.3 is 0 Å². The SMILES string of the molecule is c1ccc(NCC2CCSCC2)cc1. The van der Waals surface area contributed by atoms with Crippen LogP contribution in [-0.2, 0) is 0 Å². The third-order valence-electron chi connectivity index (χ3n) is 2.71. The first-order chi connectivity index (χ1) is 6.95. The third-order valence-corrected chi connectivity index (χ3v) is 3.76. The summed E-state index contributed by atoms with van der Waals surface area (Å²) in [6.45, 7) is 1.14. The number of hydrogen-bond donors (Lipinski definition) is 1. The zero-order valence-corrected chi connectivity index (χ0v) is 9.22. The first-order valence-corrected chi connectivity index (χ1v) is 6.47. The zero-order valence-electron chi connectivity index (χ0n) is 8.41. The van der Waals surface area contributed by atoms with Crippen LogP contribution < -0.4 is 5.32 Å². The molecule has 1 aliphatic rings. The molecular weight excluding hydrogens is 190 g/mol. The predicted octanol–water partition coefficient (Wildman–Crippen LogP) is 3.24. The molecule has 1 nitrogen and oxygen atoms in total. The first kappa shape index (κ1) is 9.91. The number of anilines is 1. The van der Waals surface area contributed by atoms with Crippen LogP contribution in [0.5, 0.6) is 0 Å². The smallest absolute Gasteiger partial charge is 0.0340 e. The second-order valence-electron chi connectivity index (χ2n) is 3.80. The molecule has 0 aliphatic carbocycles. The summed E-state index contributed by atoms with van der Waals surface area (Å²) >= 11 is 2.09. The van der Waals surface area contributed by atoms with Gasteiger partial charge in [-0.1, -0.05) is 18.2 Å². The van der Waals surface area contributed by atoms with E-state index in [1.54, 1.807) is 0 Å². The minimum atomic E-state index is 0.886. The van der Waals surface area contributed by atoms with Crippen molar-refractivity contribution in [2.24, 2.45) is 5.92 Å². The molecule has 1 saturated heterocycles. The number of para-hydroxylation sites is 1. The maximum absolute atomic E-state index is 3.51. The highest BCUT2D eigenvalue weighted by molar-refractivity contribution is 7.99. The minimum Gasteiger partial charge on any atom is -0.385 e. The van der Waals surface area contributed by atoms with E-state index in [4.69, 9.17) is 0 Å². The van der Waals surface area contributed by atoms with Crippen LogP contribution >= 0.6 is 11.8 Å². The van der Waals surface area contributed by atoms with Crippen LogP contribution in [0.3, 0.4) is 0 Å². The lowest BCUT2D eigenvalue weighted by molar-refractivity contribution is 0.516. The van der Waals surface area contributed by atoms with Crippen molar-refractivity contribution in [2.75, 3.05) is 23.4 Å². The number of thioether (sulfide) groups is 1. The third kappa shape index (κ3) is 2.95. The van der Waals surface area contributed by atoms with Crippen LogP contribution in [0.1, 0.15) is 12.8 Å². The average molecular weight is 207 g/mol. The molecular formula is C12H17NS. The van der Waals surface area contributed by atoms with Gasteiger partial charge in [-0.3, -0.25) is 0 Å². The lowest BCUT2D eigenvalue weighted by Gasteiger charge is -2.21. The Labute approximate surface area is 90.3 Å². The van der Waals surface area contributed by atoms with E-state index in [9.17, 15) is 0 Å². The largest absolute Gasteiger partial charge is 0.385 e. The Bertz CT molecular complexity index is 254. The Morgan fingerprint density at radius 3 is 2.57 bits per heavy atom. The van der Waals surface area contributed by atoms with Crippen LogP contribution in [0.2, 0.25) is 0 Å². The predicted molar refractivity (Wildman–Crippen MR) is 65.0 cm³/mol. The molecule has 0 bridgehead atoms. The summed E-state index contributed by atoms with van der Waals surface area (Å²) in [6, 6.07) is 10.5. The van der Waals surface area contributed by atoms with Gasteiger partial charge in [-0.15, -0.1) is 0 Å². The number of benzene rings is 1. The highest BCUT2D eigenvalue weighted by atomic mass is 32.2. The molecule has 1 heterocycles. The molecule has 1 aromatic rings. The molecule has 2 rings (SSSR count). The van der Waals surface area contributed by atoms with Gasteiger partial charge in [0.2, 0.25) is 0 Å². The minimum absolute atomic E-state index is 0.886. The Morgan fingerprint density at radius 2 is 1.86 bits per heavy atom.